The lowest BCUT2D eigenvalue weighted by molar-refractivity contribution is -0.129. The maximum atomic E-state index is 12.1. The molecule has 2 rings (SSSR count). The zero-order valence-electron chi connectivity index (χ0n) is 12.1. The van der Waals surface area contributed by atoms with Crippen LogP contribution in [0.5, 0.6) is 0 Å². The molecule has 112 valence electrons. The van der Waals surface area contributed by atoms with E-state index in [0.29, 0.717) is 18.1 Å². The third-order valence-corrected chi connectivity index (χ3v) is 3.78. The van der Waals surface area contributed by atoms with Gasteiger partial charge < -0.3 is 15.2 Å². The van der Waals surface area contributed by atoms with Crippen molar-refractivity contribution in [2.24, 2.45) is 0 Å². The zero-order chi connectivity index (χ0) is 15.4. The van der Waals surface area contributed by atoms with E-state index in [2.05, 4.69) is 10.3 Å². The lowest BCUT2D eigenvalue weighted by Crippen LogP contribution is -2.40. The van der Waals surface area contributed by atoms with Crippen molar-refractivity contribution in [3.63, 3.8) is 0 Å². The summed E-state index contributed by atoms with van der Waals surface area (Å²) in [4.78, 5) is 28.6. The predicted molar refractivity (Wildman–Crippen MR) is 83.6 cm³/mol. The number of halogens is 1. The Hall–Kier alpha value is -2.01. The van der Waals surface area contributed by atoms with Gasteiger partial charge in [-0.25, -0.2) is 0 Å². The van der Waals surface area contributed by atoms with Crippen LogP contribution >= 0.6 is 11.6 Å². The van der Waals surface area contributed by atoms with Crippen LogP contribution < -0.4 is 5.32 Å². The Morgan fingerprint density at radius 1 is 1.24 bits per heavy atom. The van der Waals surface area contributed by atoms with E-state index in [1.165, 1.54) is 0 Å². The first-order valence-electron chi connectivity index (χ1n) is 6.90. The zero-order valence-corrected chi connectivity index (χ0v) is 12.8. The van der Waals surface area contributed by atoms with Crippen molar-refractivity contribution in [1.82, 2.24) is 15.2 Å². The van der Waals surface area contributed by atoms with Gasteiger partial charge in [-0.2, -0.15) is 0 Å². The third-order valence-electron chi connectivity index (χ3n) is 3.39. The first-order chi connectivity index (χ1) is 10.1. The van der Waals surface area contributed by atoms with Crippen LogP contribution in [-0.2, 0) is 4.79 Å². The Balaban J connectivity index is 2.09. The van der Waals surface area contributed by atoms with Gasteiger partial charge in [-0.1, -0.05) is 29.8 Å². The van der Waals surface area contributed by atoms with Crippen LogP contribution in [-0.4, -0.2) is 41.3 Å². The minimum Gasteiger partial charge on any atom is -0.349 e. The van der Waals surface area contributed by atoms with Gasteiger partial charge in [0.15, 0.2) is 0 Å². The number of para-hydroxylation sites is 1. The highest BCUT2D eigenvalue weighted by Gasteiger charge is 2.17. The van der Waals surface area contributed by atoms with E-state index >= 15 is 0 Å². The fourth-order valence-electron chi connectivity index (χ4n) is 2.20. The fourth-order valence-corrected chi connectivity index (χ4v) is 2.49. The molecule has 0 radical (unpaired) electrons. The molecule has 0 aliphatic rings. The molecular weight excluding hydrogens is 290 g/mol. The number of amides is 2. The summed E-state index contributed by atoms with van der Waals surface area (Å²) in [6.07, 6.45) is 0. The maximum Gasteiger partial charge on any atom is 0.269 e. The summed E-state index contributed by atoms with van der Waals surface area (Å²) in [5.41, 5.74) is 1.08. The summed E-state index contributed by atoms with van der Waals surface area (Å²) in [7, 11) is 0. The van der Waals surface area contributed by atoms with Crippen molar-refractivity contribution in [1.29, 1.82) is 0 Å². The SMILES string of the molecule is CCN(CC)C(=O)CNC(=O)c1[nH]c2ccccc2c1Cl. The van der Waals surface area contributed by atoms with E-state index < -0.39 is 0 Å². The number of benzene rings is 1. The van der Waals surface area contributed by atoms with Crippen molar-refractivity contribution in [3.8, 4) is 0 Å². The van der Waals surface area contributed by atoms with Gasteiger partial charge in [0.25, 0.3) is 5.91 Å². The van der Waals surface area contributed by atoms with Crippen LogP contribution in [0, 0.1) is 0 Å². The van der Waals surface area contributed by atoms with Crippen molar-refractivity contribution in [2.45, 2.75) is 13.8 Å². The molecule has 1 heterocycles. The summed E-state index contributed by atoms with van der Waals surface area (Å²) in [6.45, 7) is 5.01. The Morgan fingerprint density at radius 3 is 2.52 bits per heavy atom. The number of hydrogen-bond donors (Lipinski definition) is 2. The molecule has 2 aromatic rings. The molecular formula is C15H18ClN3O2. The molecule has 0 atom stereocenters. The largest absolute Gasteiger partial charge is 0.349 e. The van der Waals surface area contributed by atoms with E-state index in [9.17, 15) is 9.59 Å². The average Bonchev–Trinajstić information content (AvgIpc) is 2.84. The number of aromatic nitrogens is 1. The molecule has 0 saturated carbocycles. The molecule has 2 amide bonds. The van der Waals surface area contributed by atoms with Crippen molar-refractivity contribution >= 4 is 34.3 Å². The number of nitrogens with zero attached hydrogens (tertiary/aromatic N) is 1. The molecule has 1 aromatic heterocycles. The predicted octanol–water partition coefficient (Wildman–Crippen LogP) is 2.42. The number of H-pyrrole nitrogens is 1. The van der Waals surface area contributed by atoms with E-state index in [1.807, 2.05) is 38.1 Å². The van der Waals surface area contributed by atoms with Crippen LogP contribution in [0.2, 0.25) is 5.02 Å². The van der Waals surface area contributed by atoms with E-state index in [-0.39, 0.29) is 24.1 Å². The third kappa shape index (κ3) is 3.19. The minimum absolute atomic E-state index is 0.0355. The van der Waals surface area contributed by atoms with Gasteiger partial charge in [-0.05, 0) is 19.9 Å². The number of rotatable bonds is 5. The molecule has 6 heteroatoms. The molecule has 0 spiro atoms. The van der Waals surface area contributed by atoms with E-state index in [4.69, 9.17) is 11.6 Å². The molecule has 0 saturated heterocycles. The second-order valence-electron chi connectivity index (χ2n) is 4.61. The maximum absolute atomic E-state index is 12.1. The number of carbonyl (C=O) groups excluding carboxylic acids is 2. The summed E-state index contributed by atoms with van der Waals surface area (Å²) in [5, 5.41) is 3.77. The second-order valence-corrected chi connectivity index (χ2v) is 4.99. The summed E-state index contributed by atoms with van der Waals surface area (Å²) in [6, 6.07) is 7.40. The number of aromatic amines is 1. The van der Waals surface area contributed by atoms with Gasteiger partial charge in [0.1, 0.15) is 5.69 Å². The molecule has 2 N–H and O–H groups in total. The van der Waals surface area contributed by atoms with Gasteiger partial charge in [0.2, 0.25) is 5.91 Å². The van der Waals surface area contributed by atoms with Crippen LogP contribution in [0.4, 0.5) is 0 Å². The summed E-state index contributed by atoms with van der Waals surface area (Å²) in [5.74, 6) is -0.489. The number of nitrogens with one attached hydrogen (secondary N) is 2. The highest BCUT2D eigenvalue weighted by Crippen LogP contribution is 2.26. The Bertz CT molecular complexity index is 662. The first-order valence-corrected chi connectivity index (χ1v) is 7.28. The van der Waals surface area contributed by atoms with Gasteiger partial charge in [0.05, 0.1) is 11.6 Å². The highest BCUT2D eigenvalue weighted by atomic mass is 35.5. The molecule has 21 heavy (non-hydrogen) atoms. The van der Waals surface area contributed by atoms with Crippen LogP contribution in [0.25, 0.3) is 10.9 Å². The van der Waals surface area contributed by atoms with Crippen molar-refractivity contribution in [3.05, 3.63) is 35.0 Å². The lowest BCUT2D eigenvalue weighted by atomic mass is 10.2. The molecule has 0 fully saturated rings. The Labute approximate surface area is 128 Å². The second kappa shape index (κ2) is 6.63. The van der Waals surface area contributed by atoms with Crippen LogP contribution in [0.15, 0.2) is 24.3 Å². The topological polar surface area (TPSA) is 65.2 Å². The number of carbonyl (C=O) groups is 2. The van der Waals surface area contributed by atoms with Gasteiger partial charge in [-0.15, -0.1) is 0 Å². The van der Waals surface area contributed by atoms with Crippen molar-refractivity contribution < 1.29 is 9.59 Å². The van der Waals surface area contributed by atoms with Crippen LogP contribution in [0.1, 0.15) is 24.3 Å². The molecule has 0 unspecified atom stereocenters. The number of likely N-dealkylation sites (N-methyl/N-ethyl adjacent to an activating group) is 1. The molecule has 5 nitrogen and oxygen atoms in total. The molecule has 0 bridgehead atoms. The highest BCUT2D eigenvalue weighted by molar-refractivity contribution is 6.38. The molecule has 0 aliphatic carbocycles. The first kappa shape index (κ1) is 15.4. The van der Waals surface area contributed by atoms with Crippen LogP contribution in [0.3, 0.4) is 0 Å². The average molecular weight is 308 g/mol. The molecule has 0 aliphatic heterocycles. The van der Waals surface area contributed by atoms with Gasteiger partial charge in [-0.3, -0.25) is 9.59 Å². The normalized spacial score (nSPS) is 10.6. The molecule has 1 aromatic carbocycles. The van der Waals surface area contributed by atoms with Gasteiger partial charge in [0, 0.05) is 24.0 Å². The smallest absolute Gasteiger partial charge is 0.269 e. The van der Waals surface area contributed by atoms with E-state index in [1.54, 1.807) is 4.90 Å². The standard InChI is InChI=1S/C15H18ClN3O2/c1-3-19(4-2)12(20)9-17-15(21)14-13(16)10-7-5-6-8-11(10)18-14/h5-8,18H,3-4,9H2,1-2H3,(H,17,21). The summed E-state index contributed by atoms with van der Waals surface area (Å²) >= 11 is 6.20. The van der Waals surface area contributed by atoms with Crippen molar-refractivity contribution in [2.75, 3.05) is 19.6 Å². The number of fused-ring (bicyclic) bond motifs is 1. The quantitative estimate of drug-likeness (QED) is 0.891. The van der Waals surface area contributed by atoms with Gasteiger partial charge >= 0.3 is 0 Å². The fraction of sp³-hybridized carbons (Fsp3) is 0.333. The Morgan fingerprint density at radius 2 is 1.90 bits per heavy atom. The monoisotopic (exact) mass is 307 g/mol. The minimum atomic E-state index is -0.378. The summed E-state index contributed by atoms with van der Waals surface area (Å²) < 4.78 is 0. The Kier molecular flexibility index (Phi) is 4.85. The van der Waals surface area contributed by atoms with E-state index in [0.717, 1.165) is 10.9 Å². The lowest BCUT2D eigenvalue weighted by Gasteiger charge is -2.18. The number of hydrogen-bond acceptors (Lipinski definition) is 2.